The number of hydrogen-bond donors (Lipinski definition) is 0. The molecule has 0 amide bonds. The molecular weight excluding hydrogens is 283 g/mol. The van der Waals surface area contributed by atoms with Crippen LogP contribution >= 0.6 is 0 Å². The maximum atomic E-state index is 8.89. The van der Waals surface area contributed by atoms with Gasteiger partial charge in [0.1, 0.15) is 0 Å². The third-order valence-corrected chi connectivity index (χ3v) is 0. The van der Waals surface area contributed by atoms with Crippen LogP contribution in [0.25, 0.3) is 0 Å². The summed E-state index contributed by atoms with van der Waals surface area (Å²) in [4.78, 5) is 17.8. The van der Waals surface area contributed by atoms with Crippen LogP contribution in [0.15, 0.2) is 0 Å². The monoisotopic (exact) mass is 296 g/mol. The van der Waals surface area contributed by atoms with Gasteiger partial charge in [-0.05, 0) is 13.8 Å². The average molecular weight is 297 g/mol. The molecule has 0 saturated carbocycles. The molecule has 0 radical (unpaired) electrons. The Labute approximate surface area is 95.3 Å². The molecule has 0 unspecified atom stereocenters. The Hall–Kier alpha value is -0.537. The third kappa shape index (κ3) is 4350. The van der Waals surface area contributed by atoms with Crippen molar-refractivity contribution in [1.82, 2.24) is 0 Å². The van der Waals surface area contributed by atoms with Gasteiger partial charge in [0, 0.05) is 11.9 Å². The quantitative estimate of drug-likeness (QED) is 0.424. The third-order valence-electron chi connectivity index (χ3n) is 0. The van der Waals surface area contributed by atoms with Gasteiger partial charge in [-0.25, -0.2) is 0 Å². The molecule has 0 aliphatic heterocycles. The van der Waals surface area contributed by atoms with E-state index in [1.54, 1.807) is 0 Å². The summed E-state index contributed by atoms with van der Waals surface area (Å²) in [5.41, 5.74) is 0. The summed E-state index contributed by atoms with van der Waals surface area (Å²) in [6, 6.07) is 0. The minimum atomic E-state index is -1.08. The van der Waals surface area contributed by atoms with E-state index in [2.05, 4.69) is 0 Å². The molecule has 0 bridgehead atoms. The van der Waals surface area contributed by atoms with Gasteiger partial charge in [-0.3, -0.25) is 0 Å². The molecule has 0 saturated heterocycles. The second-order valence-corrected chi connectivity index (χ2v) is 0.983. The van der Waals surface area contributed by atoms with Crippen LogP contribution in [0.3, 0.4) is 0 Å². The Balaban J connectivity index is -0.00000000957. The van der Waals surface area contributed by atoms with Crippen LogP contribution in [0.5, 0.6) is 0 Å². The number of rotatable bonds is 0. The van der Waals surface area contributed by atoms with Gasteiger partial charge >= 0.3 is 27.5 Å². The topological polar surface area (TPSA) is 223 Å². The van der Waals surface area contributed by atoms with E-state index < -0.39 is 11.9 Å². The fraction of sp³-hybridized carbons (Fsp3) is 0.500. The van der Waals surface area contributed by atoms with Crippen LogP contribution < -0.4 is 10.2 Å². The summed E-state index contributed by atoms with van der Waals surface area (Å²) < 4.78 is 8.34. The summed E-state index contributed by atoms with van der Waals surface area (Å²) in [5, 5.41) is 17.8. The van der Waals surface area contributed by atoms with Gasteiger partial charge in [-0.1, -0.05) is 0 Å². The first kappa shape index (κ1) is 50.1. The molecule has 0 atom stereocenters. The van der Waals surface area contributed by atoms with E-state index in [0.29, 0.717) is 24.7 Å². The Morgan fingerprint density at radius 1 is 0.786 bits per heavy atom. The van der Waals surface area contributed by atoms with Crippen molar-refractivity contribution in [2.45, 2.75) is 13.8 Å². The number of carboxylic acids is 2. The predicted octanol–water partition coefficient (Wildman–Crippen LogP) is -5.91. The van der Waals surface area contributed by atoms with E-state index in [0.717, 1.165) is 13.8 Å². The summed E-state index contributed by atoms with van der Waals surface area (Å²) in [6.45, 7) is 1.94. The molecule has 10 heteroatoms. The number of hydrogen-bond acceptors (Lipinski definition) is 5. The standard InChI is InChI=1S/2C2H4O2.4H2O.O.Zr/c2*1-2(3)4;;;;;;/h2*1H3,(H,3,4);4*1H2;;/q;;;;;;;+2/p-2. The van der Waals surface area contributed by atoms with Crippen LogP contribution in [0.2, 0.25) is 0 Å². The van der Waals surface area contributed by atoms with Gasteiger partial charge in [0.15, 0.2) is 0 Å². The van der Waals surface area contributed by atoms with E-state index in [-0.39, 0.29) is 21.9 Å². The summed E-state index contributed by atoms with van der Waals surface area (Å²) >= 11 is 0.300. The van der Waals surface area contributed by atoms with Crippen molar-refractivity contribution >= 4 is 11.9 Å². The van der Waals surface area contributed by atoms with Crippen LogP contribution in [0.1, 0.15) is 13.8 Å². The molecular formula is C4H14O9Zr. The van der Waals surface area contributed by atoms with Gasteiger partial charge in [0.05, 0.1) is 0 Å². The summed E-state index contributed by atoms with van der Waals surface area (Å²) in [5.74, 6) is -2.17. The van der Waals surface area contributed by atoms with Crippen molar-refractivity contribution in [3.8, 4) is 0 Å². The van der Waals surface area contributed by atoms with Gasteiger partial charge in [-0.15, -0.1) is 0 Å². The van der Waals surface area contributed by atoms with Crippen LogP contribution in [-0.4, -0.2) is 33.8 Å². The first-order chi connectivity index (χ1) is 4.46. The number of carboxylic acid groups (broad SMARTS) is 2. The Morgan fingerprint density at radius 3 is 0.786 bits per heavy atom. The number of aliphatic carboxylic acids is 2. The first-order valence-electron chi connectivity index (χ1n) is 2.02. The average Bonchev–Trinajstić information content (AvgIpc) is 1.66. The molecule has 88 valence electrons. The Morgan fingerprint density at radius 2 is 0.786 bits per heavy atom. The van der Waals surface area contributed by atoms with Crippen molar-refractivity contribution in [1.29, 1.82) is 0 Å². The zero-order chi connectivity index (χ0) is 9.15. The minimum absolute atomic E-state index is 0. The van der Waals surface area contributed by atoms with Crippen molar-refractivity contribution < 1.29 is 69.2 Å². The molecule has 0 heterocycles. The molecule has 0 aliphatic carbocycles. The van der Waals surface area contributed by atoms with Crippen molar-refractivity contribution in [3.05, 3.63) is 0 Å². The zero-order valence-electron chi connectivity index (χ0n) is 7.54. The number of carbonyl (C=O) groups excluding carboxylic acids is 2. The Kier molecular flexibility index (Phi) is 196. The Bertz CT molecular complexity index is 85.0. The van der Waals surface area contributed by atoms with Gasteiger partial charge in [-0.2, -0.15) is 0 Å². The molecule has 0 aliphatic rings. The van der Waals surface area contributed by atoms with E-state index >= 15 is 0 Å². The molecule has 0 aromatic heterocycles. The zero-order valence-corrected chi connectivity index (χ0v) is 10.00. The first-order valence-corrected chi connectivity index (χ1v) is 3.02. The fourth-order valence-corrected chi connectivity index (χ4v) is 0. The molecule has 0 spiro atoms. The van der Waals surface area contributed by atoms with Crippen LogP contribution in [-0.2, 0) is 37.1 Å². The molecule has 0 fully saturated rings. The maximum absolute atomic E-state index is 8.89. The van der Waals surface area contributed by atoms with Crippen LogP contribution in [0, 0.1) is 0 Å². The van der Waals surface area contributed by atoms with E-state index in [1.807, 2.05) is 0 Å². The SMILES string of the molecule is CC(=O)[O-].CC(=O)[O-].O.O.O.O.[O]=[Zr+2]. The van der Waals surface area contributed by atoms with Gasteiger partial charge < -0.3 is 41.7 Å². The van der Waals surface area contributed by atoms with Crippen molar-refractivity contribution in [2.75, 3.05) is 0 Å². The van der Waals surface area contributed by atoms with E-state index in [9.17, 15) is 0 Å². The normalized spacial score (nSPS) is 4.00. The molecule has 8 N–H and O–H groups in total. The molecule has 0 aromatic carbocycles. The summed E-state index contributed by atoms with van der Waals surface area (Å²) in [7, 11) is 0. The van der Waals surface area contributed by atoms with Gasteiger partial charge in [0.25, 0.3) is 0 Å². The molecule has 14 heavy (non-hydrogen) atoms. The molecule has 0 rings (SSSR count). The van der Waals surface area contributed by atoms with Crippen LogP contribution in [0.4, 0.5) is 0 Å². The number of carbonyl (C=O) groups is 2. The van der Waals surface area contributed by atoms with Gasteiger partial charge in [0.2, 0.25) is 0 Å². The fourth-order valence-electron chi connectivity index (χ4n) is 0. The second-order valence-electron chi connectivity index (χ2n) is 0.983. The second kappa shape index (κ2) is 54.9. The van der Waals surface area contributed by atoms with Crippen molar-refractivity contribution in [2.24, 2.45) is 0 Å². The predicted molar refractivity (Wildman–Crippen MR) is 36.5 cm³/mol. The summed E-state index contributed by atoms with van der Waals surface area (Å²) in [6.07, 6.45) is 0. The van der Waals surface area contributed by atoms with Crippen molar-refractivity contribution in [3.63, 3.8) is 0 Å². The van der Waals surface area contributed by atoms with E-state index in [4.69, 9.17) is 22.6 Å². The van der Waals surface area contributed by atoms with E-state index in [1.165, 1.54) is 0 Å². The molecule has 9 nitrogen and oxygen atoms in total. The molecule has 0 aromatic rings.